The molecule has 0 saturated carbocycles. The molecule has 0 radical (unpaired) electrons. The summed E-state index contributed by atoms with van der Waals surface area (Å²) >= 11 is 0. The third-order valence-electron chi connectivity index (χ3n) is 5.83. The number of ether oxygens (including phenoxy) is 2. The fraction of sp³-hybridized carbons (Fsp3) is 0.107. The van der Waals surface area contributed by atoms with Crippen molar-refractivity contribution in [2.24, 2.45) is 0 Å². The first-order valence-corrected chi connectivity index (χ1v) is 11.6. The van der Waals surface area contributed by atoms with Crippen LogP contribution in [0.4, 0.5) is 10.1 Å². The highest BCUT2D eigenvalue weighted by molar-refractivity contribution is 6.04. The summed E-state index contributed by atoms with van der Waals surface area (Å²) in [5.41, 5.74) is 1.70. The molecule has 0 aliphatic rings. The van der Waals surface area contributed by atoms with Gasteiger partial charge in [0.05, 0.1) is 30.2 Å². The zero-order chi connectivity index (χ0) is 26.8. The van der Waals surface area contributed by atoms with Crippen molar-refractivity contribution in [2.45, 2.75) is 13.8 Å². The van der Waals surface area contributed by atoms with E-state index in [2.05, 4.69) is 20.3 Å². The van der Waals surface area contributed by atoms with Crippen molar-refractivity contribution >= 4 is 22.6 Å². The highest BCUT2D eigenvalue weighted by Crippen LogP contribution is 2.29. The maximum atomic E-state index is 13.4. The second kappa shape index (κ2) is 10.1. The maximum Gasteiger partial charge on any atom is 0.271 e. The van der Waals surface area contributed by atoms with Crippen LogP contribution in [0.3, 0.4) is 0 Å². The fourth-order valence-electron chi connectivity index (χ4n) is 4.03. The minimum Gasteiger partial charge on any atom is -0.495 e. The summed E-state index contributed by atoms with van der Waals surface area (Å²) in [5.74, 6) is 0.956. The average molecular weight is 512 g/mol. The van der Waals surface area contributed by atoms with Crippen LogP contribution < -0.4 is 20.3 Å². The molecule has 1 N–H and O–H groups in total. The monoisotopic (exact) mass is 511 g/mol. The molecule has 5 rings (SSSR count). The van der Waals surface area contributed by atoms with Crippen molar-refractivity contribution in [3.05, 3.63) is 106 Å². The lowest BCUT2D eigenvalue weighted by Gasteiger charge is -2.14. The molecule has 0 spiro atoms. The molecule has 0 unspecified atom stereocenters. The first kappa shape index (κ1) is 24.6. The van der Waals surface area contributed by atoms with Crippen molar-refractivity contribution in [3.63, 3.8) is 0 Å². The van der Waals surface area contributed by atoms with Gasteiger partial charge in [-0.2, -0.15) is 0 Å². The molecule has 3 heterocycles. The number of rotatable bonds is 6. The summed E-state index contributed by atoms with van der Waals surface area (Å²) in [4.78, 5) is 39.4. The van der Waals surface area contributed by atoms with Crippen molar-refractivity contribution in [2.75, 3.05) is 12.4 Å². The molecule has 10 heteroatoms. The SMILES string of the molecule is COc1cnc2c(Oc3ccc(NC(=O)c4c(C)nc(C)n(-c5ccc(F)cc5)c4=O)cc3)ccnc2c1. The van der Waals surface area contributed by atoms with E-state index in [9.17, 15) is 14.0 Å². The Kier molecular flexibility index (Phi) is 6.53. The topological polar surface area (TPSA) is 108 Å². The van der Waals surface area contributed by atoms with Gasteiger partial charge >= 0.3 is 0 Å². The molecule has 0 fully saturated rings. The van der Waals surface area contributed by atoms with E-state index in [1.54, 1.807) is 69.7 Å². The normalized spacial score (nSPS) is 10.8. The Morgan fingerprint density at radius 3 is 2.42 bits per heavy atom. The number of amides is 1. The van der Waals surface area contributed by atoms with Crippen molar-refractivity contribution in [1.82, 2.24) is 19.5 Å². The summed E-state index contributed by atoms with van der Waals surface area (Å²) in [5, 5.41) is 2.74. The second-order valence-corrected chi connectivity index (χ2v) is 8.37. The number of pyridine rings is 2. The van der Waals surface area contributed by atoms with Gasteiger partial charge in [0, 0.05) is 24.0 Å². The summed E-state index contributed by atoms with van der Waals surface area (Å²) in [6.07, 6.45) is 3.20. The predicted octanol–water partition coefficient (Wildman–Crippen LogP) is 4.98. The van der Waals surface area contributed by atoms with Crippen molar-refractivity contribution in [1.29, 1.82) is 0 Å². The number of carbonyl (C=O) groups is 1. The number of hydrogen-bond donors (Lipinski definition) is 1. The molecule has 3 aromatic heterocycles. The Balaban J connectivity index is 1.37. The summed E-state index contributed by atoms with van der Waals surface area (Å²) in [6.45, 7) is 3.24. The molecule has 1 amide bonds. The zero-order valence-electron chi connectivity index (χ0n) is 20.7. The Morgan fingerprint density at radius 2 is 1.71 bits per heavy atom. The van der Waals surface area contributed by atoms with Crippen LogP contribution in [-0.2, 0) is 0 Å². The number of aromatic nitrogens is 4. The van der Waals surface area contributed by atoms with Crippen LogP contribution in [0.25, 0.3) is 16.7 Å². The van der Waals surface area contributed by atoms with E-state index in [0.717, 1.165) is 0 Å². The number of fused-ring (bicyclic) bond motifs is 1. The quantitative estimate of drug-likeness (QED) is 0.342. The molecule has 0 saturated heterocycles. The second-order valence-electron chi connectivity index (χ2n) is 8.37. The lowest BCUT2D eigenvalue weighted by molar-refractivity contribution is 0.102. The van der Waals surface area contributed by atoms with Crippen LogP contribution in [0.5, 0.6) is 17.2 Å². The van der Waals surface area contributed by atoms with Crippen LogP contribution >= 0.6 is 0 Å². The van der Waals surface area contributed by atoms with Crippen LogP contribution in [0, 0.1) is 19.7 Å². The highest BCUT2D eigenvalue weighted by Gasteiger charge is 2.20. The predicted molar refractivity (Wildman–Crippen MR) is 140 cm³/mol. The molecular weight excluding hydrogens is 489 g/mol. The van der Waals surface area contributed by atoms with Gasteiger partial charge in [0.2, 0.25) is 0 Å². The van der Waals surface area contributed by atoms with Crippen molar-refractivity contribution < 1.29 is 18.7 Å². The lowest BCUT2D eigenvalue weighted by atomic mass is 10.2. The molecular formula is C28H22FN5O4. The Hall–Kier alpha value is -5.12. The van der Waals surface area contributed by atoms with E-state index < -0.39 is 17.3 Å². The third kappa shape index (κ3) is 4.79. The van der Waals surface area contributed by atoms with Gasteiger partial charge in [-0.25, -0.2) is 14.4 Å². The number of anilines is 1. The van der Waals surface area contributed by atoms with Gasteiger partial charge in [0.25, 0.3) is 11.5 Å². The highest BCUT2D eigenvalue weighted by atomic mass is 19.1. The fourth-order valence-corrected chi connectivity index (χ4v) is 4.03. The van der Waals surface area contributed by atoms with E-state index in [0.29, 0.717) is 45.5 Å². The van der Waals surface area contributed by atoms with E-state index in [4.69, 9.17) is 9.47 Å². The standard InChI is InChI=1S/C28H22FN5O4/c1-16-25(28(36)34(17(2)32-16)20-8-4-18(29)5-9-20)27(35)33-19-6-10-21(11-7-19)38-24-12-13-30-23-14-22(37-3)15-31-26(23)24/h4-15H,1-3H3,(H,33,35). The van der Waals surface area contributed by atoms with E-state index in [-0.39, 0.29) is 11.3 Å². The van der Waals surface area contributed by atoms with Crippen molar-refractivity contribution in [3.8, 4) is 22.9 Å². The number of aryl methyl sites for hydroxylation is 2. The Bertz CT molecular complexity index is 1720. The smallest absolute Gasteiger partial charge is 0.271 e. The van der Waals surface area contributed by atoms with Gasteiger partial charge < -0.3 is 14.8 Å². The Morgan fingerprint density at radius 1 is 0.974 bits per heavy atom. The molecule has 0 aliphatic heterocycles. The molecule has 9 nitrogen and oxygen atoms in total. The number of benzene rings is 2. The molecule has 38 heavy (non-hydrogen) atoms. The van der Waals surface area contributed by atoms with Gasteiger partial charge in [-0.1, -0.05) is 0 Å². The number of halogens is 1. The minimum absolute atomic E-state index is 0.106. The van der Waals surface area contributed by atoms with Gasteiger partial charge in [0.1, 0.15) is 34.2 Å². The van der Waals surface area contributed by atoms with Crippen LogP contribution in [0.15, 0.2) is 77.9 Å². The number of carbonyl (C=O) groups excluding carboxylic acids is 1. The largest absolute Gasteiger partial charge is 0.495 e. The third-order valence-corrected chi connectivity index (χ3v) is 5.83. The minimum atomic E-state index is -0.609. The number of nitrogens with zero attached hydrogens (tertiary/aromatic N) is 4. The van der Waals surface area contributed by atoms with Gasteiger partial charge in [-0.15, -0.1) is 0 Å². The maximum absolute atomic E-state index is 13.4. The van der Waals surface area contributed by atoms with Gasteiger partial charge in [-0.3, -0.25) is 19.1 Å². The molecule has 5 aromatic rings. The van der Waals surface area contributed by atoms with Crippen LogP contribution in [0.2, 0.25) is 0 Å². The molecule has 0 bridgehead atoms. The van der Waals surface area contributed by atoms with Gasteiger partial charge in [0.15, 0.2) is 5.75 Å². The number of methoxy groups -OCH3 is 1. The summed E-state index contributed by atoms with van der Waals surface area (Å²) in [6, 6.07) is 15.5. The molecule has 0 aliphatic carbocycles. The Labute approximate surface area is 216 Å². The van der Waals surface area contributed by atoms with Gasteiger partial charge in [-0.05, 0) is 62.4 Å². The lowest BCUT2D eigenvalue weighted by Crippen LogP contribution is -2.32. The first-order valence-electron chi connectivity index (χ1n) is 11.6. The zero-order valence-corrected chi connectivity index (χ0v) is 20.7. The molecule has 0 atom stereocenters. The van der Waals surface area contributed by atoms with E-state index >= 15 is 0 Å². The first-order chi connectivity index (χ1) is 18.3. The summed E-state index contributed by atoms with van der Waals surface area (Å²) < 4.78 is 25.8. The molecule has 190 valence electrons. The van der Waals surface area contributed by atoms with Crippen LogP contribution in [-0.4, -0.2) is 32.5 Å². The van der Waals surface area contributed by atoms with E-state index in [1.807, 2.05) is 0 Å². The number of nitrogens with one attached hydrogen (secondary N) is 1. The summed E-state index contributed by atoms with van der Waals surface area (Å²) in [7, 11) is 1.56. The number of hydrogen-bond acceptors (Lipinski definition) is 7. The molecule has 2 aromatic carbocycles. The van der Waals surface area contributed by atoms with Crippen LogP contribution in [0.1, 0.15) is 21.9 Å². The van der Waals surface area contributed by atoms with E-state index in [1.165, 1.54) is 28.8 Å². The average Bonchev–Trinajstić information content (AvgIpc) is 2.90.